The number of morpholine rings is 1. The number of thioether (sulfide) groups is 1. The average molecular weight is 455 g/mol. The van der Waals surface area contributed by atoms with Crippen LogP contribution in [0.3, 0.4) is 0 Å². The van der Waals surface area contributed by atoms with Crippen molar-refractivity contribution < 1.29 is 22.4 Å². The topological polar surface area (TPSA) is 115 Å². The lowest BCUT2D eigenvalue weighted by molar-refractivity contribution is -0.119. The van der Waals surface area contributed by atoms with Crippen molar-refractivity contribution in [3.8, 4) is 11.5 Å². The maximum absolute atomic E-state index is 12.8. The number of benzene rings is 1. The summed E-state index contributed by atoms with van der Waals surface area (Å²) in [6, 6.07) is 6.54. The van der Waals surface area contributed by atoms with Crippen LogP contribution in [-0.4, -0.2) is 66.9 Å². The Kier molecular flexibility index (Phi) is 7.87. The summed E-state index contributed by atoms with van der Waals surface area (Å²) in [6.45, 7) is 5.45. The number of sulfonamides is 1. The first-order valence-corrected chi connectivity index (χ1v) is 12.3. The Labute approximate surface area is 180 Å². The molecule has 0 radical (unpaired) electrons. The minimum absolute atomic E-state index is 0.0979. The zero-order chi connectivity index (χ0) is 21.6. The highest BCUT2D eigenvalue weighted by atomic mass is 32.2. The van der Waals surface area contributed by atoms with Gasteiger partial charge in [-0.05, 0) is 31.5 Å². The quantitative estimate of drug-likeness (QED) is 0.573. The molecule has 2 aromatic rings. The van der Waals surface area contributed by atoms with Crippen molar-refractivity contribution in [2.45, 2.75) is 42.8 Å². The third-order valence-electron chi connectivity index (χ3n) is 4.55. The average Bonchev–Trinajstić information content (AvgIpc) is 3.22. The van der Waals surface area contributed by atoms with E-state index in [2.05, 4.69) is 22.4 Å². The Bertz CT molecular complexity index is 957. The summed E-state index contributed by atoms with van der Waals surface area (Å²) in [6.07, 6.45) is 1.92. The van der Waals surface area contributed by atoms with E-state index in [-0.39, 0.29) is 33.7 Å². The zero-order valence-electron chi connectivity index (χ0n) is 17.0. The van der Waals surface area contributed by atoms with Crippen molar-refractivity contribution in [3.05, 3.63) is 24.3 Å². The van der Waals surface area contributed by atoms with Gasteiger partial charge in [-0.3, -0.25) is 4.79 Å². The van der Waals surface area contributed by atoms with Crippen LogP contribution in [0.4, 0.5) is 0 Å². The molecular formula is C19H26N4O5S2. The fourth-order valence-corrected chi connectivity index (χ4v) is 5.09. The number of aromatic nitrogens is 2. The first-order valence-electron chi connectivity index (χ1n) is 9.84. The normalized spacial score (nSPS) is 16.3. The molecule has 1 unspecified atom stereocenters. The van der Waals surface area contributed by atoms with Crippen molar-refractivity contribution in [3.63, 3.8) is 0 Å². The van der Waals surface area contributed by atoms with Gasteiger partial charge in [0.1, 0.15) is 0 Å². The lowest BCUT2D eigenvalue weighted by atomic mass is 10.2. The number of nitrogens with zero attached hydrogens (tertiary/aromatic N) is 3. The molecule has 0 aliphatic carbocycles. The van der Waals surface area contributed by atoms with E-state index < -0.39 is 10.0 Å². The molecule has 0 spiro atoms. The van der Waals surface area contributed by atoms with E-state index in [9.17, 15) is 13.2 Å². The minimum Gasteiger partial charge on any atom is -0.411 e. The predicted octanol–water partition coefficient (Wildman–Crippen LogP) is 2.15. The van der Waals surface area contributed by atoms with Crippen molar-refractivity contribution >= 4 is 27.7 Å². The minimum atomic E-state index is -3.62. The molecule has 164 valence electrons. The van der Waals surface area contributed by atoms with Crippen molar-refractivity contribution in [2.75, 3.05) is 32.1 Å². The molecule has 1 aliphatic heterocycles. The number of rotatable bonds is 9. The number of amides is 1. The summed E-state index contributed by atoms with van der Waals surface area (Å²) in [7, 11) is -3.62. The van der Waals surface area contributed by atoms with Gasteiger partial charge >= 0.3 is 0 Å². The van der Waals surface area contributed by atoms with Crippen LogP contribution in [0.25, 0.3) is 11.5 Å². The van der Waals surface area contributed by atoms with Crippen molar-refractivity contribution in [2.24, 2.45) is 0 Å². The maximum Gasteiger partial charge on any atom is 0.277 e. The number of carbonyl (C=O) groups excluding carboxylic acids is 1. The van der Waals surface area contributed by atoms with E-state index in [4.69, 9.17) is 9.15 Å². The molecule has 0 saturated carbocycles. The monoisotopic (exact) mass is 454 g/mol. The molecule has 1 atom stereocenters. The van der Waals surface area contributed by atoms with Crippen LogP contribution in [0.1, 0.15) is 26.7 Å². The van der Waals surface area contributed by atoms with Gasteiger partial charge in [0.05, 0.1) is 23.9 Å². The van der Waals surface area contributed by atoms with Gasteiger partial charge in [-0.1, -0.05) is 31.2 Å². The van der Waals surface area contributed by atoms with E-state index >= 15 is 0 Å². The van der Waals surface area contributed by atoms with E-state index in [0.29, 0.717) is 31.9 Å². The molecule has 1 saturated heterocycles. The summed E-state index contributed by atoms with van der Waals surface area (Å²) in [4.78, 5) is 12.1. The number of ether oxygens (including phenoxy) is 1. The van der Waals surface area contributed by atoms with Gasteiger partial charge in [0, 0.05) is 24.7 Å². The highest BCUT2D eigenvalue weighted by molar-refractivity contribution is 7.99. The van der Waals surface area contributed by atoms with Gasteiger partial charge < -0.3 is 14.5 Å². The van der Waals surface area contributed by atoms with Gasteiger partial charge in [0.15, 0.2) is 0 Å². The summed E-state index contributed by atoms with van der Waals surface area (Å²) in [5.41, 5.74) is 0.504. The van der Waals surface area contributed by atoms with Crippen LogP contribution >= 0.6 is 11.8 Å². The summed E-state index contributed by atoms with van der Waals surface area (Å²) < 4.78 is 37.9. The fraction of sp³-hybridized carbons (Fsp3) is 0.526. The predicted molar refractivity (Wildman–Crippen MR) is 113 cm³/mol. The third kappa shape index (κ3) is 5.81. The Morgan fingerprint density at radius 1 is 1.30 bits per heavy atom. The number of nitrogens with one attached hydrogen (secondary N) is 1. The summed E-state index contributed by atoms with van der Waals surface area (Å²) in [5, 5.41) is 11.1. The van der Waals surface area contributed by atoms with Gasteiger partial charge in [0.25, 0.3) is 5.22 Å². The molecule has 0 bridgehead atoms. The van der Waals surface area contributed by atoms with E-state index in [0.717, 1.165) is 24.6 Å². The van der Waals surface area contributed by atoms with Crippen LogP contribution in [0.2, 0.25) is 0 Å². The first kappa shape index (κ1) is 22.7. The lowest BCUT2D eigenvalue weighted by Gasteiger charge is -2.26. The van der Waals surface area contributed by atoms with Gasteiger partial charge in [-0.2, -0.15) is 4.31 Å². The van der Waals surface area contributed by atoms with Crippen LogP contribution in [0.15, 0.2) is 38.8 Å². The molecule has 1 aromatic carbocycles. The van der Waals surface area contributed by atoms with E-state index in [1.807, 2.05) is 6.92 Å². The molecular weight excluding hydrogens is 428 g/mol. The molecule has 1 fully saturated rings. The molecule has 1 aromatic heterocycles. The largest absolute Gasteiger partial charge is 0.411 e. The number of carbonyl (C=O) groups is 1. The maximum atomic E-state index is 12.8. The standard InChI is InChI=1S/C19H26N4O5S2/c1-3-5-14(2)20-17(24)13-29-19-22-21-18(28-19)15-6-4-7-16(12-15)30(25,26)23-8-10-27-11-9-23/h4,6-7,12,14H,3,5,8-11,13H2,1-2H3,(H,20,24). The molecule has 11 heteroatoms. The van der Waals surface area contributed by atoms with E-state index in [1.54, 1.807) is 18.2 Å². The summed E-state index contributed by atoms with van der Waals surface area (Å²) >= 11 is 1.14. The molecule has 1 aliphatic rings. The van der Waals surface area contributed by atoms with Crippen LogP contribution < -0.4 is 5.32 Å². The van der Waals surface area contributed by atoms with E-state index in [1.165, 1.54) is 10.4 Å². The van der Waals surface area contributed by atoms with Crippen LogP contribution in [-0.2, 0) is 19.6 Å². The second kappa shape index (κ2) is 10.4. The Morgan fingerprint density at radius 3 is 2.80 bits per heavy atom. The third-order valence-corrected chi connectivity index (χ3v) is 7.26. The molecule has 3 rings (SSSR count). The van der Waals surface area contributed by atoms with Gasteiger partial charge in [-0.15, -0.1) is 10.2 Å². The lowest BCUT2D eigenvalue weighted by Crippen LogP contribution is -2.40. The highest BCUT2D eigenvalue weighted by Gasteiger charge is 2.27. The van der Waals surface area contributed by atoms with Gasteiger partial charge in [-0.25, -0.2) is 8.42 Å². The second-order valence-corrected chi connectivity index (χ2v) is 9.83. The van der Waals surface area contributed by atoms with Crippen molar-refractivity contribution in [1.29, 1.82) is 0 Å². The molecule has 2 heterocycles. The zero-order valence-corrected chi connectivity index (χ0v) is 18.7. The second-order valence-electron chi connectivity index (χ2n) is 6.96. The molecule has 1 amide bonds. The molecule has 30 heavy (non-hydrogen) atoms. The van der Waals surface area contributed by atoms with Crippen LogP contribution in [0.5, 0.6) is 0 Å². The van der Waals surface area contributed by atoms with Crippen LogP contribution in [0, 0.1) is 0 Å². The Hall–Kier alpha value is -1.95. The Balaban J connectivity index is 1.65. The van der Waals surface area contributed by atoms with Gasteiger partial charge in [0.2, 0.25) is 21.8 Å². The highest BCUT2D eigenvalue weighted by Crippen LogP contribution is 2.26. The number of hydrogen-bond donors (Lipinski definition) is 1. The Morgan fingerprint density at radius 2 is 2.07 bits per heavy atom. The first-order chi connectivity index (χ1) is 14.4. The smallest absolute Gasteiger partial charge is 0.277 e. The SMILES string of the molecule is CCCC(C)NC(=O)CSc1nnc(-c2cccc(S(=O)(=O)N3CCOCC3)c2)o1. The number of hydrogen-bond acceptors (Lipinski definition) is 8. The fourth-order valence-electron chi connectivity index (χ4n) is 3.06. The molecule has 1 N–H and O–H groups in total. The van der Waals surface area contributed by atoms with Crippen molar-refractivity contribution in [1.82, 2.24) is 19.8 Å². The summed E-state index contributed by atoms with van der Waals surface area (Å²) in [5.74, 6) is 0.275. The molecule has 9 nitrogen and oxygen atoms in total.